The van der Waals surface area contributed by atoms with E-state index >= 15 is 0 Å². The Balaban J connectivity index is 1.52. The minimum Gasteiger partial charge on any atom is -0.354 e. The molecule has 0 spiro atoms. The minimum absolute atomic E-state index is 0.237. The van der Waals surface area contributed by atoms with Gasteiger partial charge in [0.15, 0.2) is 0 Å². The monoisotopic (exact) mass is 357 g/mol. The van der Waals surface area contributed by atoms with Crippen LogP contribution in [0.5, 0.6) is 0 Å². The number of carbonyl (C=O) groups excluding carboxylic acids is 1. The quantitative estimate of drug-likeness (QED) is 0.787. The third kappa shape index (κ3) is 5.03. The third-order valence-electron chi connectivity index (χ3n) is 5.51. The number of hydrogen-bond donors (Lipinski definition) is 2. The molecule has 4 nitrogen and oxygen atoms in total. The van der Waals surface area contributed by atoms with Crippen molar-refractivity contribution in [3.05, 3.63) is 0 Å². The van der Waals surface area contributed by atoms with Gasteiger partial charge in [0.05, 0.1) is 0 Å². The number of thioether (sulfide) groups is 2. The molecule has 0 aromatic rings. The van der Waals surface area contributed by atoms with Gasteiger partial charge in [0, 0.05) is 67.2 Å². The first-order valence-electron chi connectivity index (χ1n) is 9.19. The molecule has 0 aromatic carbocycles. The van der Waals surface area contributed by atoms with Gasteiger partial charge in [0.25, 0.3) is 0 Å². The molecule has 2 saturated heterocycles. The molecule has 6 heteroatoms. The van der Waals surface area contributed by atoms with E-state index in [9.17, 15) is 4.79 Å². The maximum absolute atomic E-state index is 12.4. The third-order valence-corrected chi connectivity index (χ3v) is 7.58. The zero-order chi connectivity index (χ0) is 16.0. The van der Waals surface area contributed by atoms with Crippen LogP contribution < -0.4 is 10.6 Å². The SMILES string of the molecule is O=C(CC1CSCCN1)NCC1(N2CCSCC2)CCCCC1. The van der Waals surface area contributed by atoms with Crippen LogP contribution in [0.4, 0.5) is 0 Å². The molecular formula is C17H31N3OS2. The summed E-state index contributed by atoms with van der Waals surface area (Å²) in [5.41, 5.74) is 0.240. The number of carbonyl (C=O) groups is 1. The molecule has 1 saturated carbocycles. The van der Waals surface area contributed by atoms with Crippen LogP contribution in [0.1, 0.15) is 38.5 Å². The van der Waals surface area contributed by atoms with Crippen LogP contribution in [0, 0.1) is 0 Å². The van der Waals surface area contributed by atoms with Crippen LogP contribution >= 0.6 is 23.5 Å². The van der Waals surface area contributed by atoms with Gasteiger partial charge in [-0.2, -0.15) is 23.5 Å². The van der Waals surface area contributed by atoms with Crippen LogP contribution in [0.3, 0.4) is 0 Å². The van der Waals surface area contributed by atoms with Crippen LogP contribution in [-0.4, -0.2) is 71.6 Å². The standard InChI is InChI=1S/C17H31N3OS2/c21-16(12-15-13-23-9-6-18-15)19-14-17(4-2-1-3-5-17)20-7-10-22-11-8-20/h15,18H,1-14H2,(H,19,21). The second kappa shape index (κ2) is 8.97. The Hall–Kier alpha value is 0.0900. The Kier molecular flexibility index (Phi) is 6.98. The highest BCUT2D eigenvalue weighted by molar-refractivity contribution is 7.99. The maximum atomic E-state index is 12.4. The predicted molar refractivity (Wildman–Crippen MR) is 101 cm³/mol. The van der Waals surface area contributed by atoms with E-state index in [-0.39, 0.29) is 11.4 Å². The molecule has 1 unspecified atom stereocenters. The number of nitrogens with zero attached hydrogens (tertiary/aromatic N) is 1. The van der Waals surface area contributed by atoms with Crippen LogP contribution in [0.25, 0.3) is 0 Å². The largest absolute Gasteiger partial charge is 0.354 e. The predicted octanol–water partition coefficient (Wildman–Crippen LogP) is 1.95. The van der Waals surface area contributed by atoms with Crippen molar-refractivity contribution in [2.24, 2.45) is 0 Å². The van der Waals surface area contributed by atoms with Crippen molar-refractivity contribution in [1.82, 2.24) is 15.5 Å². The van der Waals surface area contributed by atoms with Crippen molar-refractivity contribution in [3.63, 3.8) is 0 Å². The van der Waals surface area contributed by atoms with E-state index in [0.29, 0.717) is 12.5 Å². The average molecular weight is 358 g/mol. The highest BCUT2D eigenvalue weighted by atomic mass is 32.2. The summed E-state index contributed by atoms with van der Waals surface area (Å²) in [5.74, 6) is 4.98. The van der Waals surface area contributed by atoms with Crippen LogP contribution in [0.2, 0.25) is 0 Å². The summed E-state index contributed by atoms with van der Waals surface area (Å²) in [6.45, 7) is 4.29. The lowest BCUT2D eigenvalue weighted by atomic mass is 9.80. The summed E-state index contributed by atoms with van der Waals surface area (Å²) < 4.78 is 0. The zero-order valence-corrected chi connectivity index (χ0v) is 15.8. The Morgan fingerprint density at radius 3 is 2.61 bits per heavy atom. The van der Waals surface area contributed by atoms with Crippen molar-refractivity contribution in [3.8, 4) is 0 Å². The molecular weight excluding hydrogens is 326 g/mol. The molecule has 1 amide bonds. The second-order valence-corrected chi connectivity index (χ2v) is 9.47. The number of amides is 1. The first kappa shape index (κ1) is 17.9. The Morgan fingerprint density at radius 1 is 1.13 bits per heavy atom. The summed E-state index contributed by atoms with van der Waals surface area (Å²) in [5, 5.41) is 6.77. The van der Waals surface area contributed by atoms with Gasteiger partial charge < -0.3 is 10.6 Å². The van der Waals surface area contributed by atoms with Gasteiger partial charge in [0.1, 0.15) is 0 Å². The summed E-state index contributed by atoms with van der Waals surface area (Å²) in [6.07, 6.45) is 7.16. The molecule has 132 valence electrons. The van der Waals surface area contributed by atoms with Crippen molar-refractivity contribution in [1.29, 1.82) is 0 Å². The van der Waals surface area contributed by atoms with E-state index in [0.717, 1.165) is 18.8 Å². The van der Waals surface area contributed by atoms with E-state index < -0.39 is 0 Å². The minimum atomic E-state index is 0.237. The number of rotatable bonds is 5. The van der Waals surface area contributed by atoms with Crippen molar-refractivity contribution < 1.29 is 4.79 Å². The molecule has 2 N–H and O–H groups in total. The van der Waals surface area contributed by atoms with E-state index in [2.05, 4.69) is 27.3 Å². The van der Waals surface area contributed by atoms with Crippen molar-refractivity contribution in [2.45, 2.75) is 50.1 Å². The fraction of sp³-hybridized carbons (Fsp3) is 0.941. The molecule has 23 heavy (non-hydrogen) atoms. The van der Waals surface area contributed by atoms with E-state index in [4.69, 9.17) is 0 Å². The molecule has 3 fully saturated rings. The van der Waals surface area contributed by atoms with Gasteiger partial charge in [-0.3, -0.25) is 9.69 Å². The highest BCUT2D eigenvalue weighted by Crippen LogP contribution is 2.34. The lowest BCUT2D eigenvalue weighted by Gasteiger charge is -2.48. The molecule has 2 heterocycles. The van der Waals surface area contributed by atoms with Gasteiger partial charge in [0.2, 0.25) is 5.91 Å². The van der Waals surface area contributed by atoms with Gasteiger partial charge >= 0.3 is 0 Å². The average Bonchev–Trinajstić information content (AvgIpc) is 2.62. The Labute approximate surface area is 149 Å². The second-order valence-electron chi connectivity index (χ2n) is 7.09. The molecule has 1 aliphatic carbocycles. The summed E-state index contributed by atoms with van der Waals surface area (Å²) in [6, 6.07) is 0.363. The summed E-state index contributed by atoms with van der Waals surface area (Å²) >= 11 is 4.03. The molecule has 0 bridgehead atoms. The van der Waals surface area contributed by atoms with Crippen molar-refractivity contribution >= 4 is 29.4 Å². The molecule has 1 atom stereocenters. The molecule has 3 aliphatic rings. The molecule has 0 aromatic heterocycles. The molecule has 3 rings (SSSR count). The lowest BCUT2D eigenvalue weighted by molar-refractivity contribution is -0.122. The van der Waals surface area contributed by atoms with Gasteiger partial charge in [-0.1, -0.05) is 19.3 Å². The van der Waals surface area contributed by atoms with Crippen molar-refractivity contribution in [2.75, 3.05) is 49.2 Å². The highest BCUT2D eigenvalue weighted by Gasteiger charge is 2.38. The topological polar surface area (TPSA) is 44.4 Å². The normalized spacial score (nSPS) is 29.1. The summed E-state index contributed by atoms with van der Waals surface area (Å²) in [7, 11) is 0. The maximum Gasteiger partial charge on any atom is 0.221 e. The van der Waals surface area contributed by atoms with Gasteiger partial charge in [-0.25, -0.2) is 0 Å². The Bertz CT molecular complexity index is 376. The number of nitrogens with one attached hydrogen (secondary N) is 2. The smallest absolute Gasteiger partial charge is 0.221 e. The van der Waals surface area contributed by atoms with E-state index in [1.54, 1.807) is 0 Å². The first-order valence-corrected chi connectivity index (χ1v) is 11.5. The Morgan fingerprint density at radius 2 is 1.91 bits per heavy atom. The van der Waals surface area contributed by atoms with E-state index in [1.165, 1.54) is 62.5 Å². The van der Waals surface area contributed by atoms with Crippen LogP contribution in [-0.2, 0) is 4.79 Å². The van der Waals surface area contributed by atoms with Gasteiger partial charge in [-0.05, 0) is 12.8 Å². The summed E-state index contributed by atoms with van der Waals surface area (Å²) in [4.78, 5) is 15.1. The lowest BCUT2D eigenvalue weighted by Crippen LogP contribution is -2.59. The first-order chi connectivity index (χ1) is 11.3. The fourth-order valence-electron chi connectivity index (χ4n) is 4.16. The van der Waals surface area contributed by atoms with Gasteiger partial charge in [-0.15, -0.1) is 0 Å². The van der Waals surface area contributed by atoms with E-state index in [1.807, 2.05) is 11.8 Å². The number of hydrogen-bond acceptors (Lipinski definition) is 5. The fourth-order valence-corrected chi connectivity index (χ4v) is 6.01. The molecule has 0 radical (unpaired) electrons. The zero-order valence-electron chi connectivity index (χ0n) is 14.1. The van der Waals surface area contributed by atoms with Crippen LogP contribution in [0.15, 0.2) is 0 Å². The molecule has 2 aliphatic heterocycles.